The van der Waals surface area contributed by atoms with E-state index in [9.17, 15) is 0 Å². The van der Waals surface area contributed by atoms with Gasteiger partial charge in [-0.15, -0.1) is 0 Å². The van der Waals surface area contributed by atoms with Crippen LogP contribution in [0.4, 0.5) is 0 Å². The van der Waals surface area contributed by atoms with Gasteiger partial charge in [-0.2, -0.15) is 0 Å². The fraction of sp³-hybridized carbons (Fsp3) is 0.400. The number of hydrogen-bond acceptors (Lipinski definition) is 3. The molecule has 0 amide bonds. The van der Waals surface area contributed by atoms with Gasteiger partial charge in [0.1, 0.15) is 11.5 Å². The van der Waals surface area contributed by atoms with Crippen molar-refractivity contribution in [2.45, 2.75) is 52.4 Å². The molecular formula is C20H27O2PS2. The lowest BCUT2D eigenvalue weighted by Gasteiger charge is -2.22. The second-order valence-corrected chi connectivity index (χ2v) is 13.3. The normalized spacial score (nSPS) is 12.8. The first-order chi connectivity index (χ1) is 11.4. The van der Waals surface area contributed by atoms with Crippen LogP contribution in [0.5, 0.6) is 11.5 Å². The SMILES string of the molecule is CC(C)(C)c1ccc(OP(=S)(S)Oc2ccc(C(C)(C)C)cc2)cc1. The van der Waals surface area contributed by atoms with Crippen LogP contribution in [0.2, 0.25) is 0 Å². The summed E-state index contributed by atoms with van der Waals surface area (Å²) in [5, 5.41) is 0. The number of thiol groups is 1. The Kier molecular flexibility index (Phi) is 5.98. The molecule has 0 atom stereocenters. The first-order valence-corrected chi connectivity index (χ1v) is 12.1. The highest BCUT2D eigenvalue weighted by molar-refractivity contribution is 8.60. The van der Waals surface area contributed by atoms with E-state index in [-0.39, 0.29) is 10.8 Å². The number of hydrogen-bond donors (Lipinski definition) is 1. The van der Waals surface area contributed by atoms with Crippen molar-refractivity contribution in [1.29, 1.82) is 0 Å². The quantitative estimate of drug-likeness (QED) is 0.450. The summed E-state index contributed by atoms with van der Waals surface area (Å²) in [4.78, 5) is 0. The van der Waals surface area contributed by atoms with Crippen LogP contribution in [0.15, 0.2) is 48.5 Å². The van der Waals surface area contributed by atoms with Gasteiger partial charge in [-0.25, -0.2) is 0 Å². The first-order valence-electron chi connectivity index (χ1n) is 8.30. The second-order valence-electron chi connectivity index (χ2n) is 8.20. The molecule has 0 saturated carbocycles. The van der Waals surface area contributed by atoms with Crippen molar-refractivity contribution in [2.24, 2.45) is 0 Å². The smallest absolute Gasteiger partial charge is 0.345 e. The summed E-state index contributed by atoms with van der Waals surface area (Å²) in [7, 11) is 0. The predicted octanol–water partition coefficient (Wildman–Crippen LogP) is 6.89. The maximum absolute atomic E-state index is 5.84. The van der Waals surface area contributed by atoms with E-state index in [0.717, 1.165) is 0 Å². The summed E-state index contributed by atoms with van der Waals surface area (Å²) in [6.45, 7) is 13.1. The molecule has 0 unspecified atom stereocenters. The van der Waals surface area contributed by atoms with Crippen molar-refractivity contribution in [3.05, 3.63) is 59.7 Å². The molecule has 0 bridgehead atoms. The third kappa shape index (κ3) is 6.06. The van der Waals surface area contributed by atoms with Gasteiger partial charge in [0.05, 0.1) is 0 Å². The largest absolute Gasteiger partial charge is 0.428 e. The van der Waals surface area contributed by atoms with Gasteiger partial charge in [-0.05, 0) is 58.0 Å². The average molecular weight is 395 g/mol. The lowest BCUT2D eigenvalue weighted by molar-refractivity contribution is 0.505. The summed E-state index contributed by atoms with van der Waals surface area (Å²) >= 11 is 9.91. The molecule has 5 heteroatoms. The van der Waals surface area contributed by atoms with Crippen molar-refractivity contribution in [3.63, 3.8) is 0 Å². The predicted molar refractivity (Wildman–Crippen MR) is 115 cm³/mol. The minimum absolute atomic E-state index is 0.102. The molecule has 0 radical (unpaired) electrons. The zero-order valence-corrected chi connectivity index (χ0v) is 18.3. The van der Waals surface area contributed by atoms with E-state index in [1.165, 1.54) is 11.1 Å². The Labute approximate surface area is 162 Å². The summed E-state index contributed by atoms with van der Waals surface area (Å²) in [5.74, 6) is 1.36. The van der Waals surface area contributed by atoms with Gasteiger partial charge in [-0.1, -0.05) is 78.1 Å². The van der Waals surface area contributed by atoms with E-state index in [0.29, 0.717) is 11.5 Å². The van der Waals surface area contributed by atoms with Crippen LogP contribution in [0.3, 0.4) is 0 Å². The van der Waals surface area contributed by atoms with Crippen LogP contribution in [0.25, 0.3) is 0 Å². The first kappa shape index (κ1) is 20.4. The summed E-state index contributed by atoms with van der Waals surface area (Å²) in [5.41, 5.74) is -0.0325. The molecule has 0 heterocycles. The lowest BCUT2D eigenvalue weighted by atomic mass is 9.87. The van der Waals surface area contributed by atoms with E-state index < -0.39 is 5.69 Å². The fourth-order valence-corrected chi connectivity index (χ4v) is 4.21. The van der Waals surface area contributed by atoms with Crippen molar-refractivity contribution >= 4 is 29.7 Å². The molecule has 0 aliphatic rings. The van der Waals surface area contributed by atoms with Crippen molar-refractivity contribution < 1.29 is 9.05 Å². The molecule has 0 fully saturated rings. The van der Waals surface area contributed by atoms with Crippen LogP contribution >= 0.6 is 17.9 Å². The standard InChI is InChI=1S/C20H27O2PS2/c1-19(2,3)15-7-11-17(12-8-15)21-23(24,25)22-18-13-9-16(10-14-18)20(4,5)6/h7-14H,1-6H3,(H,24,25). The average Bonchev–Trinajstić information content (AvgIpc) is 2.45. The monoisotopic (exact) mass is 394 g/mol. The van der Waals surface area contributed by atoms with Crippen LogP contribution in [0, 0.1) is 0 Å². The Hall–Kier alpha value is -0.960. The van der Waals surface area contributed by atoms with Gasteiger partial charge in [0.25, 0.3) is 0 Å². The third-order valence-corrected chi connectivity index (χ3v) is 5.70. The van der Waals surface area contributed by atoms with Crippen LogP contribution in [-0.4, -0.2) is 0 Å². The minimum atomic E-state index is -2.72. The topological polar surface area (TPSA) is 18.5 Å². The highest BCUT2D eigenvalue weighted by Crippen LogP contribution is 2.53. The maximum atomic E-state index is 5.84. The van der Waals surface area contributed by atoms with E-state index in [1.807, 2.05) is 24.3 Å². The van der Waals surface area contributed by atoms with Gasteiger partial charge in [0.15, 0.2) is 0 Å². The number of benzene rings is 2. The van der Waals surface area contributed by atoms with E-state index in [4.69, 9.17) is 20.9 Å². The van der Waals surface area contributed by atoms with E-state index in [2.05, 4.69) is 78.1 Å². The Balaban J connectivity index is 2.08. The van der Waals surface area contributed by atoms with Gasteiger partial charge in [0.2, 0.25) is 0 Å². The Morgan fingerprint density at radius 3 is 1.20 bits per heavy atom. The minimum Gasteiger partial charge on any atom is -0.428 e. The van der Waals surface area contributed by atoms with Crippen LogP contribution < -0.4 is 9.05 Å². The van der Waals surface area contributed by atoms with Crippen LogP contribution in [0.1, 0.15) is 52.7 Å². The molecule has 136 valence electrons. The summed E-state index contributed by atoms with van der Waals surface area (Å²) in [6.07, 6.45) is 0. The molecule has 2 aromatic rings. The van der Waals surface area contributed by atoms with E-state index >= 15 is 0 Å². The molecule has 0 spiro atoms. The molecule has 0 saturated heterocycles. The summed E-state index contributed by atoms with van der Waals surface area (Å²) in [6, 6.07) is 15.9. The summed E-state index contributed by atoms with van der Waals surface area (Å²) < 4.78 is 11.7. The van der Waals surface area contributed by atoms with Crippen molar-refractivity contribution in [2.75, 3.05) is 0 Å². The number of rotatable bonds is 4. The Morgan fingerprint density at radius 2 is 0.960 bits per heavy atom. The second kappa shape index (κ2) is 7.34. The molecule has 2 aromatic carbocycles. The molecule has 25 heavy (non-hydrogen) atoms. The van der Waals surface area contributed by atoms with Crippen LogP contribution in [-0.2, 0) is 22.6 Å². The van der Waals surface area contributed by atoms with Gasteiger partial charge < -0.3 is 9.05 Å². The maximum Gasteiger partial charge on any atom is 0.345 e. The zero-order chi connectivity index (χ0) is 18.9. The molecular weight excluding hydrogens is 367 g/mol. The molecule has 2 nitrogen and oxygen atoms in total. The molecule has 0 N–H and O–H groups in total. The molecule has 0 aliphatic heterocycles. The fourth-order valence-electron chi connectivity index (χ4n) is 2.32. The Bertz CT molecular complexity index is 691. The van der Waals surface area contributed by atoms with Crippen molar-refractivity contribution in [1.82, 2.24) is 0 Å². The third-order valence-electron chi connectivity index (χ3n) is 3.88. The Morgan fingerprint density at radius 1 is 0.680 bits per heavy atom. The highest BCUT2D eigenvalue weighted by Gasteiger charge is 2.19. The van der Waals surface area contributed by atoms with Gasteiger partial charge in [0, 0.05) is 0 Å². The lowest BCUT2D eigenvalue weighted by Crippen LogP contribution is -2.10. The van der Waals surface area contributed by atoms with Crippen molar-refractivity contribution in [3.8, 4) is 11.5 Å². The van der Waals surface area contributed by atoms with Gasteiger partial charge >= 0.3 is 5.69 Å². The zero-order valence-electron chi connectivity index (χ0n) is 15.7. The molecule has 0 aliphatic carbocycles. The highest BCUT2D eigenvalue weighted by atomic mass is 32.9. The van der Waals surface area contributed by atoms with E-state index in [1.54, 1.807) is 0 Å². The molecule has 2 rings (SSSR count). The van der Waals surface area contributed by atoms with Gasteiger partial charge in [-0.3, -0.25) is 0 Å². The molecule has 0 aromatic heterocycles.